The molecule has 8 heteroatoms. The molecule has 4 aromatic rings. The highest BCUT2D eigenvalue weighted by molar-refractivity contribution is 7.99. The van der Waals surface area contributed by atoms with Crippen LogP contribution in [0.5, 0.6) is 11.5 Å². The van der Waals surface area contributed by atoms with Crippen molar-refractivity contribution < 1.29 is 14.3 Å². The normalized spacial score (nSPS) is 15.5. The number of carbonyl (C=O) groups excluding carboxylic acids is 1. The molecule has 0 fully saturated rings. The molecule has 0 saturated heterocycles. The third-order valence-electron chi connectivity index (χ3n) is 5.84. The van der Waals surface area contributed by atoms with Gasteiger partial charge in [0.1, 0.15) is 6.61 Å². The van der Waals surface area contributed by atoms with Gasteiger partial charge in [0.2, 0.25) is 5.91 Å². The van der Waals surface area contributed by atoms with E-state index < -0.39 is 6.10 Å². The standard InChI is InChI=1S/C27H26N4O3S/c1-3-14-31-26(24-16-33-22-10-6-7-11-23(22)34-24)29-30-27(31)35-17-25(32)28-18(2)20-13-12-19-8-4-5-9-21(19)15-20/h3-13,15,18,24H,1,14,16-17H2,2H3,(H,28,32)/t18-,24+/m1/s1. The van der Waals surface area contributed by atoms with Crippen molar-refractivity contribution in [3.63, 3.8) is 0 Å². The SMILES string of the molecule is C=CCn1c(SCC(=O)N[C@H](C)c2ccc3ccccc3c2)nnc1[C@@H]1COc2ccccc2O1. The fourth-order valence-electron chi connectivity index (χ4n) is 4.07. The Kier molecular flexibility index (Phi) is 6.72. The van der Waals surface area contributed by atoms with Crippen LogP contribution in [0.4, 0.5) is 0 Å². The van der Waals surface area contributed by atoms with Gasteiger partial charge in [-0.2, -0.15) is 0 Å². The van der Waals surface area contributed by atoms with Crippen molar-refractivity contribution >= 4 is 28.4 Å². The summed E-state index contributed by atoms with van der Waals surface area (Å²) in [6.07, 6.45) is 1.38. The summed E-state index contributed by atoms with van der Waals surface area (Å²) in [5.74, 6) is 2.18. The van der Waals surface area contributed by atoms with Gasteiger partial charge in [-0.05, 0) is 41.5 Å². The van der Waals surface area contributed by atoms with Gasteiger partial charge in [0.05, 0.1) is 11.8 Å². The van der Waals surface area contributed by atoms with E-state index in [2.05, 4.69) is 52.4 Å². The molecule has 0 aliphatic carbocycles. The largest absolute Gasteiger partial charge is 0.485 e. The van der Waals surface area contributed by atoms with E-state index in [1.165, 1.54) is 17.1 Å². The average Bonchev–Trinajstić information content (AvgIpc) is 3.29. The van der Waals surface area contributed by atoms with Crippen LogP contribution < -0.4 is 14.8 Å². The number of benzene rings is 3. The van der Waals surface area contributed by atoms with Crippen molar-refractivity contribution in [3.05, 3.63) is 90.8 Å². The first kappa shape index (κ1) is 23.0. The van der Waals surface area contributed by atoms with E-state index in [0.717, 1.165) is 10.9 Å². The van der Waals surface area contributed by atoms with Crippen LogP contribution in [0.25, 0.3) is 10.8 Å². The maximum Gasteiger partial charge on any atom is 0.230 e. The Morgan fingerprint density at radius 3 is 2.74 bits per heavy atom. The summed E-state index contributed by atoms with van der Waals surface area (Å²) in [4.78, 5) is 12.7. The molecule has 0 spiro atoms. The Bertz CT molecular complexity index is 1370. The number of nitrogens with one attached hydrogen (secondary N) is 1. The van der Waals surface area contributed by atoms with E-state index in [1.54, 1.807) is 6.08 Å². The number of hydrogen-bond acceptors (Lipinski definition) is 6. The zero-order valence-corrected chi connectivity index (χ0v) is 20.2. The number of carbonyl (C=O) groups is 1. The predicted molar refractivity (Wildman–Crippen MR) is 137 cm³/mol. The lowest BCUT2D eigenvalue weighted by molar-refractivity contribution is -0.119. The van der Waals surface area contributed by atoms with Crippen molar-refractivity contribution in [3.8, 4) is 11.5 Å². The van der Waals surface area contributed by atoms with Crippen molar-refractivity contribution in [1.29, 1.82) is 0 Å². The van der Waals surface area contributed by atoms with Gasteiger partial charge in [0.15, 0.2) is 28.6 Å². The van der Waals surface area contributed by atoms with Gasteiger partial charge in [-0.1, -0.05) is 66.4 Å². The van der Waals surface area contributed by atoms with Crippen molar-refractivity contribution in [1.82, 2.24) is 20.1 Å². The summed E-state index contributed by atoms with van der Waals surface area (Å²) in [6, 6.07) is 21.9. The van der Waals surface area contributed by atoms with Gasteiger partial charge in [0, 0.05) is 6.54 Å². The number of amides is 1. The smallest absolute Gasteiger partial charge is 0.230 e. The molecule has 3 aromatic carbocycles. The van der Waals surface area contributed by atoms with Crippen LogP contribution >= 0.6 is 11.8 Å². The lowest BCUT2D eigenvalue weighted by Crippen LogP contribution is -2.28. The van der Waals surface area contributed by atoms with Gasteiger partial charge < -0.3 is 14.8 Å². The van der Waals surface area contributed by atoms with E-state index in [1.807, 2.05) is 47.9 Å². The first-order valence-electron chi connectivity index (χ1n) is 11.5. The number of allylic oxidation sites excluding steroid dienone is 1. The minimum absolute atomic E-state index is 0.0726. The number of ether oxygens (including phenoxy) is 2. The van der Waals surface area contributed by atoms with E-state index >= 15 is 0 Å². The third-order valence-corrected chi connectivity index (χ3v) is 6.80. The van der Waals surface area contributed by atoms with Crippen LogP contribution in [-0.2, 0) is 11.3 Å². The molecule has 0 saturated carbocycles. The van der Waals surface area contributed by atoms with Crippen LogP contribution in [0.3, 0.4) is 0 Å². The number of aromatic nitrogens is 3. The van der Waals surface area contributed by atoms with Crippen molar-refractivity contribution in [2.24, 2.45) is 0 Å². The predicted octanol–water partition coefficient (Wildman–Crippen LogP) is 5.10. The van der Waals surface area contributed by atoms with Crippen LogP contribution in [0.15, 0.2) is 84.5 Å². The maximum absolute atomic E-state index is 12.7. The number of para-hydroxylation sites is 2. The second-order valence-electron chi connectivity index (χ2n) is 8.29. The molecule has 1 aliphatic heterocycles. The molecule has 2 atom stereocenters. The summed E-state index contributed by atoms with van der Waals surface area (Å²) < 4.78 is 13.9. The minimum atomic E-state index is -0.395. The van der Waals surface area contributed by atoms with Gasteiger partial charge in [-0.3, -0.25) is 9.36 Å². The quantitative estimate of drug-likeness (QED) is 0.276. The summed E-state index contributed by atoms with van der Waals surface area (Å²) in [5, 5.41) is 14.7. The van der Waals surface area contributed by atoms with Gasteiger partial charge in [-0.25, -0.2) is 0 Å². The van der Waals surface area contributed by atoms with Crippen molar-refractivity contribution in [2.45, 2.75) is 30.8 Å². The molecule has 1 aliphatic rings. The van der Waals surface area contributed by atoms with Gasteiger partial charge >= 0.3 is 0 Å². The fraction of sp³-hybridized carbons (Fsp3) is 0.222. The lowest BCUT2D eigenvalue weighted by Gasteiger charge is -2.26. The molecule has 0 radical (unpaired) electrons. The summed E-state index contributed by atoms with van der Waals surface area (Å²) in [5.41, 5.74) is 1.06. The monoisotopic (exact) mass is 486 g/mol. The first-order chi connectivity index (χ1) is 17.1. The number of nitrogens with zero attached hydrogens (tertiary/aromatic N) is 3. The maximum atomic E-state index is 12.7. The molecule has 178 valence electrons. The second-order valence-corrected chi connectivity index (χ2v) is 9.23. The molecular formula is C27H26N4O3S. The van der Waals surface area contributed by atoms with Crippen LogP contribution in [0.2, 0.25) is 0 Å². The zero-order valence-electron chi connectivity index (χ0n) is 19.4. The molecule has 1 aromatic heterocycles. The van der Waals surface area contributed by atoms with Gasteiger partial charge in [-0.15, -0.1) is 16.8 Å². The second kappa shape index (κ2) is 10.2. The first-order valence-corrected chi connectivity index (χ1v) is 12.4. The Morgan fingerprint density at radius 1 is 1.14 bits per heavy atom. The molecule has 0 unspecified atom stereocenters. The Hall–Kier alpha value is -3.78. The van der Waals surface area contributed by atoms with Crippen LogP contribution in [-0.4, -0.2) is 33.0 Å². The molecule has 7 nitrogen and oxygen atoms in total. The number of fused-ring (bicyclic) bond motifs is 2. The average molecular weight is 487 g/mol. The minimum Gasteiger partial charge on any atom is -0.485 e. The molecule has 0 bridgehead atoms. The molecule has 1 N–H and O–H groups in total. The van der Waals surface area contributed by atoms with E-state index in [4.69, 9.17) is 9.47 Å². The molecule has 1 amide bonds. The Balaban J connectivity index is 1.24. The zero-order chi connectivity index (χ0) is 24.2. The topological polar surface area (TPSA) is 78.3 Å². The molecule has 2 heterocycles. The number of rotatable bonds is 8. The Labute approximate surface area is 208 Å². The lowest BCUT2D eigenvalue weighted by atomic mass is 10.0. The fourth-order valence-corrected chi connectivity index (χ4v) is 4.83. The summed E-state index contributed by atoms with van der Waals surface area (Å²) >= 11 is 1.34. The van der Waals surface area contributed by atoms with E-state index in [9.17, 15) is 4.79 Å². The van der Waals surface area contributed by atoms with E-state index in [-0.39, 0.29) is 17.7 Å². The molecule has 5 rings (SSSR count). The highest BCUT2D eigenvalue weighted by Crippen LogP contribution is 2.36. The molecular weight excluding hydrogens is 460 g/mol. The molecule has 35 heavy (non-hydrogen) atoms. The van der Waals surface area contributed by atoms with Crippen LogP contribution in [0, 0.1) is 0 Å². The summed E-state index contributed by atoms with van der Waals surface area (Å²) in [7, 11) is 0. The third kappa shape index (κ3) is 5.02. The summed E-state index contributed by atoms with van der Waals surface area (Å²) in [6.45, 7) is 6.68. The highest BCUT2D eigenvalue weighted by atomic mass is 32.2. The number of thioether (sulfide) groups is 1. The van der Waals surface area contributed by atoms with Crippen molar-refractivity contribution in [2.75, 3.05) is 12.4 Å². The van der Waals surface area contributed by atoms with Gasteiger partial charge in [0.25, 0.3) is 0 Å². The number of hydrogen-bond donors (Lipinski definition) is 1. The Morgan fingerprint density at radius 2 is 1.91 bits per heavy atom. The highest BCUT2D eigenvalue weighted by Gasteiger charge is 2.28. The van der Waals surface area contributed by atoms with E-state index in [0.29, 0.717) is 35.6 Å². The van der Waals surface area contributed by atoms with Crippen LogP contribution in [0.1, 0.15) is 30.5 Å².